The first-order chi connectivity index (χ1) is 17.3. The van der Waals surface area contributed by atoms with Crippen molar-refractivity contribution < 1.29 is 19.1 Å². The Bertz CT molecular complexity index is 1400. The highest BCUT2D eigenvalue weighted by Gasteiger charge is 2.37. The molecule has 3 aromatic rings. The van der Waals surface area contributed by atoms with Crippen LogP contribution < -0.4 is 15.0 Å². The van der Waals surface area contributed by atoms with Crippen molar-refractivity contribution in [3.63, 3.8) is 0 Å². The lowest BCUT2D eigenvalue weighted by atomic mass is 10.0. The van der Waals surface area contributed by atoms with E-state index >= 15 is 0 Å². The largest absolute Gasteiger partial charge is 0.489 e. The molecule has 4 rings (SSSR count). The highest BCUT2D eigenvalue weighted by molar-refractivity contribution is 9.10. The number of aryl methyl sites for hydroxylation is 1. The van der Waals surface area contributed by atoms with Gasteiger partial charge in [-0.3, -0.25) is 14.9 Å². The van der Waals surface area contributed by atoms with Gasteiger partial charge in [0.2, 0.25) is 0 Å². The second kappa shape index (κ2) is 11.1. The lowest BCUT2D eigenvalue weighted by Gasteiger charge is -2.26. The molecule has 0 radical (unpaired) electrons. The molecular weight excluding hydrogens is 588 g/mol. The fourth-order valence-corrected chi connectivity index (χ4v) is 4.22. The average molecular weight is 610 g/mol. The van der Waals surface area contributed by atoms with Gasteiger partial charge in [0.1, 0.15) is 17.9 Å². The molecule has 1 aliphatic rings. The zero-order valence-electron chi connectivity index (χ0n) is 19.4. The number of hydrogen-bond acceptors (Lipinski definition) is 4. The second-order valence-electron chi connectivity index (χ2n) is 8.17. The molecule has 182 valence electrons. The van der Waals surface area contributed by atoms with E-state index < -0.39 is 17.8 Å². The summed E-state index contributed by atoms with van der Waals surface area (Å²) in [7, 11) is 0. The van der Waals surface area contributed by atoms with E-state index in [4.69, 9.17) is 4.74 Å². The molecule has 0 aliphatic carbocycles. The number of hydrogen-bond donors (Lipinski definition) is 1. The van der Waals surface area contributed by atoms with E-state index in [0.717, 1.165) is 30.5 Å². The summed E-state index contributed by atoms with van der Waals surface area (Å²) >= 11 is 6.84. The van der Waals surface area contributed by atoms with Gasteiger partial charge in [0.05, 0.1) is 5.69 Å². The number of nitrogens with one attached hydrogen (secondary N) is 1. The van der Waals surface area contributed by atoms with Crippen molar-refractivity contribution in [1.82, 2.24) is 5.32 Å². The lowest BCUT2D eigenvalue weighted by Crippen LogP contribution is -2.54. The van der Waals surface area contributed by atoms with Crippen LogP contribution in [0.3, 0.4) is 0 Å². The molecule has 6 nitrogen and oxygen atoms in total. The molecule has 1 aliphatic heterocycles. The number of amides is 4. The third-order valence-corrected chi connectivity index (χ3v) is 6.99. The Morgan fingerprint density at radius 1 is 1.00 bits per heavy atom. The molecule has 1 fully saturated rings. The topological polar surface area (TPSA) is 75.7 Å². The predicted octanol–water partition coefficient (Wildman–Crippen LogP) is 6.49. The Hall–Kier alpha value is -3.49. The summed E-state index contributed by atoms with van der Waals surface area (Å²) in [5.74, 6) is -0.747. The molecule has 4 amide bonds. The summed E-state index contributed by atoms with van der Waals surface area (Å²) < 4.78 is 7.87. The van der Waals surface area contributed by atoms with E-state index in [9.17, 15) is 14.4 Å². The molecular formula is C28H22Br2N2O4. The SMILES string of the molecule is C=CCc1cc(/C=C2\C(=O)NC(=O)N(c3ccc(Br)c(C)c3)C2=O)ccc1OCc1ccc(Br)cc1. The van der Waals surface area contributed by atoms with E-state index in [0.29, 0.717) is 30.0 Å². The van der Waals surface area contributed by atoms with Crippen LogP contribution in [0.15, 0.2) is 87.8 Å². The number of allylic oxidation sites excluding steroid dienone is 1. The third kappa shape index (κ3) is 5.66. The normalized spacial score (nSPS) is 14.7. The summed E-state index contributed by atoms with van der Waals surface area (Å²) in [5, 5.41) is 2.26. The molecule has 0 atom stereocenters. The molecule has 0 spiro atoms. The molecule has 1 N–H and O–H groups in total. The molecule has 0 bridgehead atoms. The zero-order chi connectivity index (χ0) is 25.8. The van der Waals surface area contributed by atoms with Gasteiger partial charge < -0.3 is 4.74 Å². The van der Waals surface area contributed by atoms with Gasteiger partial charge in [-0.1, -0.05) is 56.1 Å². The summed E-state index contributed by atoms with van der Waals surface area (Å²) in [6.45, 7) is 6.06. The van der Waals surface area contributed by atoms with E-state index in [1.807, 2.05) is 37.3 Å². The Labute approximate surface area is 225 Å². The third-order valence-electron chi connectivity index (χ3n) is 5.57. The monoisotopic (exact) mass is 608 g/mol. The maximum Gasteiger partial charge on any atom is 0.335 e. The van der Waals surface area contributed by atoms with Gasteiger partial charge in [-0.15, -0.1) is 6.58 Å². The van der Waals surface area contributed by atoms with Crippen LogP contribution in [-0.2, 0) is 22.6 Å². The van der Waals surface area contributed by atoms with Crippen molar-refractivity contribution in [2.24, 2.45) is 0 Å². The van der Waals surface area contributed by atoms with Crippen LogP contribution in [0.4, 0.5) is 10.5 Å². The van der Waals surface area contributed by atoms with Crippen LogP contribution in [0.1, 0.15) is 22.3 Å². The number of imide groups is 2. The molecule has 0 aromatic heterocycles. The Morgan fingerprint density at radius 3 is 2.44 bits per heavy atom. The number of barbiturate groups is 1. The fourth-order valence-electron chi connectivity index (χ4n) is 3.71. The number of halogens is 2. The van der Waals surface area contributed by atoms with Crippen molar-refractivity contribution in [2.45, 2.75) is 20.0 Å². The van der Waals surface area contributed by atoms with Crippen molar-refractivity contribution >= 4 is 61.5 Å². The Balaban J connectivity index is 1.62. The lowest BCUT2D eigenvalue weighted by molar-refractivity contribution is -0.122. The van der Waals surface area contributed by atoms with E-state index in [-0.39, 0.29) is 5.57 Å². The molecule has 1 saturated heterocycles. The first-order valence-corrected chi connectivity index (χ1v) is 12.6. The molecule has 0 unspecified atom stereocenters. The van der Waals surface area contributed by atoms with Crippen LogP contribution in [0.2, 0.25) is 0 Å². The van der Waals surface area contributed by atoms with Gasteiger partial charge in [-0.25, -0.2) is 9.69 Å². The van der Waals surface area contributed by atoms with Gasteiger partial charge >= 0.3 is 6.03 Å². The standard InChI is InChI=1S/C28H22Br2N2O4/c1-3-4-20-14-19(7-12-25(20)36-16-18-5-8-21(29)9-6-18)15-23-26(33)31-28(35)32(27(23)34)22-10-11-24(30)17(2)13-22/h3,5-15H,1,4,16H2,2H3,(H,31,33,35)/b23-15+. The van der Waals surface area contributed by atoms with Crippen molar-refractivity contribution in [2.75, 3.05) is 4.90 Å². The van der Waals surface area contributed by atoms with Crippen molar-refractivity contribution in [1.29, 1.82) is 0 Å². The Morgan fingerprint density at radius 2 is 1.75 bits per heavy atom. The fraction of sp³-hybridized carbons (Fsp3) is 0.107. The van der Waals surface area contributed by atoms with Crippen LogP contribution in [0.25, 0.3) is 6.08 Å². The number of nitrogens with zero attached hydrogens (tertiary/aromatic N) is 1. The molecule has 3 aromatic carbocycles. The maximum absolute atomic E-state index is 13.2. The summed E-state index contributed by atoms with van der Waals surface area (Å²) in [4.78, 5) is 39.3. The molecule has 1 heterocycles. The van der Waals surface area contributed by atoms with Crippen molar-refractivity contribution in [3.05, 3.63) is 110 Å². The van der Waals surface area contributed by atoms with Gasteiger partial charge in [0.25, 0.3) is 11.8 Å². The van der Waals surface area contributed by atoms with Crippen LogP contribution in [0, 0.1) is 6.92 Å². The van der Waals surface area contributed by atoms with Gasteiger partial charge in [0.15, 0.2) is 0 Å². The maximum atomic E-state index is 13.2. The van der Waals surface area contributed by atoms with Crippen LogP contribution in [0.5, 0.6) is 5.75 Å². The quantitative estimate of drug-likeness (QED) is 0.189. The Kier molecular flexibility index (Phi) is 7.86. The van der Waals surface area contributed by atoms with Crippen molar-refractivity contribution in [3.8, 4) is 5.75 Å². The van der Waals surface area contributed by atoms with Gasteiger partial charge in [-0.05, 0) is 84.1 Å². The smallest absolute Gasteiger partial charge is 0.335 e. The van der Waals surface area contributed by atoms with E-state index in [1.54, 1.807) is 36.4 Å². The number of benzene rings is 3. The first kappa shape index (κ1) is 25.6. The minimum atomic E-state index is -0.784. The summed E-state index contributed by atoms with van der Waals surface area (Å²) in [6.07, 6.45) is 3.77. The van der Waals surface area contributed by atoms with Gasteiger partial charge in [-0.2, -0.15) is 0 Å². The predicted molar refractivity (Wildman–Crippen MR) is 147 cm³/mol. The zero-order valence-corrected chi connectivity index (χ0v) is 22.6. The number of urea groups is 1. The molecule has 36 heavy (non-hydrogen) atoms. The number of carbonyl (C=O) groups is 3. The minimum absolute atomic E-state index is 0.136. The van der Waals surface area contributed by atoms with Crippen LogP contribution in [-0.4, -0.2) is 17.8 Å². The molecule has 8 heteroatoms. The summed E-state index contributed by atoms with van der Waals surface area (Å²) in [5.41, 5.74) is 3.60. The van der Waals surface area contributed by atoms with E-state index in [2.05, 4.69) is 43.8 Å². The van der Waals surface area contributed by atoms with Gasteiger partial charge in [0, 0.05) is 8.95 Å². The first-order valence-electron chi connectivity index (χ1n) is 11.1. The average Bonchev–Trinajstić information content (AvgIpc) is 2.84. The number of ether oxygens (including phenoxy) is 1. The summed E-state index contributed by atoms with van der Waals surface area (Å²) in [6, 6.07) is 17.6. The number of rotatable bonds is 7. The van der Waals surface area contributed by atoms with E-state index in [1.165, 1.54) is 6.08 Å². The number of carbonyl (C=O) groups excluding carboxylic acids is 3. The molecule has 0 saturated carbocycles. The number of anilines is 1. The highest BCUT2D eigenvalue weighted by atomic mass is 79.9. The highest BCUT2D eigenvalue weighted by Crippen LogP contribution is 2.28. The van der Waals surface area contributed by atoms with Crippen LogP contribution >= 0.6 is 31.9 Å². The minimum Gasteiger partial charge on any atom is -0.489 e. The second-order valence-corrected chi connectivity index (χ2v) is 9.94.